The van der Waals surface area contributed by atoms with Gasteiger partial charge in [0, 0.05) is 38.3 Å². The second-order valence-corrected chi connectivity index (χ2v) is 7.10. The van der Waals surface area contributed by atoms with Gasteiger partial charge < -0.3 is 19.8 Å². The maximum Gasteiger partial charge on any atom is 0.191 e. The number of ether oxygens (including phenoxy) is 1. The van der Waals surface area contributed by atoms with E-state index < -0.39 is 0 Å². The third-order valence-electron chi connectivity index (χ3n) is 5.20. The van der Waals surface area contributed by atoms with Crippen molar-refractivity contribution in [2.75, 3.05) is 19.8 Å². The van der Waals surface area contributed by atoms with E-state index >= 15 is 0 Å². The van der Waals surface area contributed by atoms with Crippen molar-refractivity contribution in [3.63, 3.8) is 0 Å². The van der Waals surface area contributed by atoms with Crippen LogP contribution in [0.2, 0.25) is 0 Å². The second kappa shape index (κ2) is 9.11. The summed E-state index contributed by atoms with van der Waals surface area (Å²) in [7, 11) is 0. The maximum atomic E-state index is 5.47. The number of nitrogens with zero attached hydrogens (tertiary/aromatic N) is 1. The monoisotopic (exact) mass is 333 g/mol. The number of aliphatic imine (C=N–C) groups is 1. The summed E-state index contributed by atoms with van der Waals surface area (Å²) in [5, 5.41) is 7.33. The van der Waals surface area contributed by atoms with Gasteiger partial charge in [-0.3, -0.25) is 4.99 Å². The van der Waals surface area contributed by atoms with Crippen molar-refractivity contribution in [1.29, 1.82) is 0 Å². The van der Waals surface area contributed by atoms with Gasteiger partial charge in [0.2, 0.25) is 0 Å². The molecule has 2 fully saturated rings. The zero-order chi connectivity index (χ0) is 16.6. The Morgan fingerprint density at radius 3 is 2.75 bits per heavy atom. The average Bonchev–Trinajstić information content (AvgIpc) is 3.11. The Bertz CT molecular complexity index is 495. The van der Waals surface area contributed by atoms with E-state index in [1.54, 1.807) is 6.26 Å². The van der Waals surface area contributed by atoms with E-state index in [1.807, 2.05) is 12.1 Å². The Kier molecular flexibility index (Phi) is 6.58. The van der Waals surface area contributed by atoms with Crippen molar-refractivity contribution in [3.8, 4) is 0 Å². The van der Waals surface area contributed by atoms with Crippen molar-refractivity contribution >= 4 is 5.96 Å². The van der Waals surface area contributed by atoms with Crippen LogP contribution in [0.25, 0.3) is 0 Å². The van der Waals surface area contributed by atoms with Crippen molar-refractivity contribution in [3.05, 3.63) is 24.2 Å². The topological polar surface area (TPSA) is 58.8 Å². The highest BCUT2D eigenvalue weighted by molar-refractivity contribution is 5.80. The third kappa shape index (κ3) is 5.26. The van der Waals surface area contributed by atoms with Gasteiger partial charge in [0.15, 0.2) is 5.96 Å². The first kappa shape index (κ1) is 17.3. The van der Waals surface area contributed by atoms with Crippen LogP contribution in [0.15, 0.2) is 27.8 Å². The lowest BCUT2D eigenvalue weighted by molar-refractivity contribution is 0.0821. The normalized spacial score (nSPS) is 26.3. The molecule has 1 saturated carbocycles. The van der Waals surface area contributed by atoms with Gasteiger partial charge in [-0.1, -0.05) is 19.8 Å². The molecule has 2 N–H and O–H groups in total. The zero-order valence-corrected chi connectivity index (χ0v) is 14.8. The molecule has 1 aromatic heterocycles. The van der Waals surface area contributed by atoms with Gasteiger partial charge in [-0.05, 0) is 43.7 Å². The van der Waals surface area contributed by atoms with E-state index in [-0.39, 0.29) is 0 Å². The van der Waals surface area contributed by atoms with Crippen molar-refractivity contribution < 1.29 is 9.15 Å². The van der Waals surface area contributed by atoms with Crippen LogP contribution in [0, 0.1) is 5.92 Å². The molecule has 0 bridgehead atoms. The Balaban J connectivity index is 1.57. The standard InChI is InChI=1S/C19H31N3O2/c1-15-5-2-3-7-18(15)22-19(21-16-9-13-23-14-10-16)20-11-8-17-6-4-12-24-17/h4,6,12,15-16,18H,2-3,5,7-11,13-14H2,1H3,(H2,20,21,22). The number of hydrogen-bond donors (Lipinski definition) is 2. The van der Waals surface area contributed by atoms with E-state index in [0.29, 0.717) is 18.0 Å². The highest BCUT2D eigenvalue weighted by Gasteiger charge is 2.23. The molecule has 3 rings (SSSR count). The van der Waals surface area contributed by atoms with E-state index in [9.17, 15) is 0 Å². The summed E-state index contributed by atoms with van der Waals surface area (Å²) in [6.45, 7) is 4.78. The highest BCUT2D eigenvalue weighted by atomic mass is 16.5. The fraction of sp³-hybridized carbons (Fsp3) is 0.737. The summed E-state index contributed by atoms with van der Waals surface area (Å²) < 4.78 is 10.9. The minimum absolute atomic E-state index is 0.465. The minimum atomic E-state index is 0.465. The van der Waals surface area contributed by atoms with Crippen LogP contribution in [0.1, 0.15) is 51.2 Å². The maximum absolute atomic E-state index is 5.47. The molecule has 2 aliphatic rings. The Morgan fingerprint density at radius 1 is 1.17 bits per heavy atom. The first-order valence-corrected chi connectivity index (χ1v) is 9.49. The molecular formula is C19H31N3O2. The fourth-order valence-electron chi connectivity index (χ4n) is 3.61. The summed E-state index contributed by atoms with van der Waals surface area (Å²) in [6.07, 6.45) is 9.91. The molecule has 1 aliphatic heterocycles. The first-order valence-electron chi connectivity index (χ1n) is 9.49. The number of nitrogens with one attached hydrogen (secondary N) is 2. The molecule has 24 heavy (non-hydrogen) atoms. The summed E-state index contributed by atoms with van der Waals surface area (Å²) in [6, 6.07) is 4.95. The molecule has 0 radical (unpaired) electrons. The molecule has 0 aromatic carbocycles. The van der Waals surface area contributed by atoms with E-state index in [2.05, 4.69) is 17.6 Å². The summed E-state index contributed by atoms with van der Waals surface area (Å²) in [5.41, 5.74) is 0. The lowest BCUT2D eigenvalue weighted by Crippen LogP contribution is -2.51. The Morgan fingerprint density at radius 2 is 2.00 bits per heavy atom. The van der Waals surface area contributed by atoms with Crippen LogP contribution in [0.4, 0.5) is 0 Å². The average molecular weight is 333 g/mol. The predicted octanol–water partition coefficient (Wildman–Crippen LogP) is 3.12. The SMILES string of the molecule is CC1CCCCC1NC(=NCCc1ccco1)NC1CCOCC1. The quantitative estimate of drug-likeness (QED) is 0.642. The van der Waals surface area contributed by atoms with Crippen LogP contribution in [-0.2, 0) is 11.2 Å². The second-order valence-electron chi connectivity index (χ2n) is 7.10. The van der Waals surface area contributed by atoms with Gasteiger partial charge in [-0.15, -0.1) is 0 Å². The minimum Gasteiger partial charge on any atom is -0.469 e. The van der Waals surface area contributed by atoms with Crippen LogP contribution in [0.3, 0.4) is 0 Å². The summed E-state index contributed by atoms with van der Waals surface area (Å²) in [5.74, 6) is 2.67. The largest absolute Gasteiger partial charge is 0.469 e. The van der Waals surface area contributed by atoms with Gasteiger partial charge in [0.05, 0.1) is 6.26 Å². The van der Waals surface area contributed by atoms with E-state index in [4.69, 9.17) is 14.1 Å². The van der Waals surface area contributed by atoms with Gasteiger partial charge >= 0.3 is 0 Å². The first-order chi connectivity index (χ1) is 11.8. The molecule has 1 aromatic rings. The smallest absolute Gasteiger partial charge is 0.191 e. The number of hydrogen-bond acceptors (Lipinski definition) is 3. The summed E-state index contributed by atoms with van der Waals surface area (Å²) >= 11 is 0. The van der Waals surface area contributed by atoms with Gasteiger partial charge in [0.25, 0.3) is 0 Å². The van der Waals surface area contributed by atoms with Crippen LogP contribution in [-0.4, -0.2) is 37.8 Å². The van der Waals surface area contributed by atoms with Gasteiger partial charge in [0.1, 0.15) is 5.76 Å². The van der Waals surface area contributed by atoms with Crippen molar-refractivity contribution in [2.45, 2.75) is 64.0 Å². The van der Waals surface area contributed by atoms with Crippen molar-refractivity contribution in [2.24, 2.45) is 10.9 Å². The van der Waals surface area contributed by atoms with Crippen LogP contribution < -0.4 is 10.6 Å². The molecule has 0 spiro atoms. The fourth-order valence-corrected chi connectivity index (χ4v) is 3.61. The molecule has 5 heteroatoms. The zero-order valence-electron chi connectivity index (χ0n) is 14.8. The van der Waals surface area contributed by atoms with Crippen LogP contribution in [0.5, 0.6) is 0 Å². The molecule has 1 saturated heterocycles. The van der Waals surface area contributed by atoms with Crippen LogP contribution >= 0.6 is 0 Å². The molecule has 2 atom stereocenters. The predicted molar refractivity (Wildman–Crippen MR) is 96.2 cm³/mol. The molecular weight excluding hydrogens is 302 g/mol. The molecule has 5 nitrogen and oxygen atoms in total. The van der Waals surface area contributed by atoms with E-state index in [1.165, 1.54) is 25.7 Å². The Hall–Kier alpha value is -1.49. The molecule has 2 heterocycles. The number of guanidine groups is 1. The lowest BCUT2D eigenvalue weighted by Gasteiger charge is -2.32. The number of rotatable bonds is 5. The van der Waals surface area contributed by atoms with Crippen molar-refractivity contribution in [1.82, 2.24) is 10.6 Å². The molecule has 0 amide bonds. The Labute approximate surface area is 145 Å². The highest BCUT2D eigenvalue weighted by Crippen LogP contribution is 2.23. The van der Waals surface area contributed by atoms with Gasteiger partial charge in [-0.25, -0.2) is 0 Å². The third-order valence-corrected chi connectivity index (χ3v) is 5.20. The molecule has 134 valence electrons. The van der Waals surface area contributed by atoms with E-state index in [0.717, 1.165) is 50.7 Å². The molecule has 1 aliphatic carbocycles. The van der Waals surface area contributed by atoms with Gasteiger partial charge in [-0.2, -0.15) is 0 Å². The molecule has 2 unspecified atom stereocenters. The number of furan rings is 1. The lowest BCUT2D eigenvalue weighted by atomic mass is 9.86. The summed E-state index contributed by atoms with van der Waals surface area (Å²) in [4.78, 5) is 4.81.